The molecule has 0 saturated carbocycles. The van der Waals surface area contributed by atoms with E-state index in [-0.39, 0.29) is 11.9 Å². The van der Waals surface area contributed by atoms with Gasteiger partial charge in [0.25, 0.3) is 0 Å². The molecule has 236 valence electrons. The van der Waals surface area contributed by atoms with Crippen molar-refractivity contribution in [2.24, 2.45) is 15.9 Å². The van der Waals surface area contributed by atoms with Crippen LogP contribution in [0.25, 0.3) is 18.7 Å². The Morgan fingerprint density at radius 1 is 1.11 bits per heavy atom. The fourth-order valence-electron chi connectivity index (χ4n) is 5.23. The molecule has 1 atom stereocenters. The SMILES string of the molecule is C=c1cc(CC)/c(=C/C2=NC(=C(/C)C3=N/C(=C\c4[nH]c(C)cc4C)C(C)C3)/C=C2C)[nH]1.CCC(=O)N(C)CCCOC(C)=O. The van der Waals surface area contributed by atoms with Crippen molar-refractivity contribution < 1.29 is 14.3 Å². The number of carbonyl (C=O) groups excluding carboxylic acids is 2. The summed E-state index contributed by atoms with van der Waals surface area (Å²) in [6.07, 6.45) is 9.65. The van der Waals surface area contributed by atoms with Gasteiger partial charge in [0.2, 0.25) is 5.91 Å². The molecule has 0 saturated heterocycles. The van der Waals surface area contributed by atoms with Crippen LogP contribution >= 0.6 is 0 Å². The number of hydrogen-bond acceptors (Lipinski definition) is 5. The molecule has 4 heterocycles. The Bertz CT molecular complexity index is 1640. The molecule has 1 amide bonds. The second kappa shape index (κ2) is 15.5. The zero-order valence-electron chi connectivity index (χ0n) is 28.0. The van der Waals surface area contributed by atoms with Crippen LogP contribution in [0.4, 0.5) is 0 Å². The molecule has 2 aromatic rings. The van der Waals surface area contributed by atoms with Gasteiger partial charge in [-0.2, -0.15) is 0 Å². The summed E-state index contributed by atoms with van der Waals surface area (Å²) in [6, 6.07) is 4.28. The van der Waals surface area contributed by atoms with Crippen molar-refractivity contribution in [3.63, 3.8) is 0 Å². The van der Waals surface area contributed by atoms with Gasteiger partial charge in [-0.05, 0) is 99.6 Å². The highest BCUT2D eigenvalue weighted by Gasteiger charge is 2.24. The first-order chi connectivity index (χ1) is 20.8. The highest BCUT2D eigenvalue weighted by molar-refractivity contribution is 6.23. The maximum atomic E-state index is 11.1. The molecule has 0 aliphatic carbocycles. The first-order valence-electron chi connectivity index (χ1n) is 15.5. The number of allylic oxidation sites excluding steroid dienone is 4. The number of ether oxygens (including phenoxy) is 1. The molecule has 0 fully saturated rings. The molecule has 44 heavy (non-hydrogen) atoms. The van der Waals surface area contributed by atoms with Crippen LogP contribution in [0.2, 0.25) is 0 Å². The van der Waals surface area contributed by atoms with E-state index in [1.165, 1.54) is 29.3 Å². The number of nitrogens with one attached hydrogen (secondary N) is 2. The molecule has 0 radical (unpaired) electrons. The van der Waals surface area contributed by atoms with Gasteiger partial charge in [-0.1, -0.05) is 27.4 Å². The second-order valence-corrected chi connectivity index (χ2v) is 11.7. The lowest BCUT2D eigenvalue weighted by Crippen LogP contribution is -2.27. The molecular formula is C36H49N5O3. The number of hydrogen-bond donors (Lipinski definition) is 2. The van der Waals surface area contributed by atoms with Gasteiger partial charge in [0.1, 0.15) is 0 Å². The molecule has 1 unspecified atom stereocenters. The summed E-state index contributed by atoms with van der Waals surface area (Å²) in [6.45, 7) is 21.2. The van der Waals surface area contributed by atoms with Crippen LogP contribution in [-0.2, 0) is 20.7 Å². The molecule has 2 aromatic heterocycles. The van der Waals surface area contributed by atoms with Crippen molar-refractivity contribution >= 4 is 42.0 Å². The summed E-state index contributed by atoms with van der Waals surface area (Å²) in [4.78, 5) is 39.8. The van der Waals surface area contributed by atoms with Gasteiger partial charge in [0.05, 0.1) is 18.0 Å². The summed E-state index contributed by atoms with van der Waals surface area (Å²) in [5.74, 6) is 0.240. The first-order valence-corrected chi connectivity index (χ1v) is 15.5. The van der Waals surface area contributed by atoms with Crippen molar-refractivity contribution in [3.8, 4) is 0 Å². The lowest BCUT2D eigenvalue weighted by Gasteiger charge is -2.15. The fourth-order valence-corrected chi connectivity index (χ4v) is 5.23. The number of aromatic nitrogens is 2. The number of aliphatic imine (C=N–C) groups is 2. The summed E-state index contributed by atoms with van der Waals surface area (Å²) < 4.78 is 4.73. The Hall–Kier alpha value is -4.20. The maximum absolute atomic E-state index is 11.1. The number of esters is 1. The Balaban J connectivity index is 0.000000345. The van der Waals surface area contributed by atoms with Gasteiger partial charge < -0.3 is 19.6 Å². The van der Waals surface area contributed by atoms with E-state index in [0.717, 1.165) is 57.6 Å². The predicted molar refractivity (Wildman–Crippen MR) is 182 cm³/mol. The van der Waals surface area contributed by atoms with E-state index in [2.05, 4.69) is 88.5 Å². The summed E-state index contributed by atoms with van der Waals surface area (Å²) in [7, 11) is 1.75. The number of amides is 1. The second-order valence-electron chi connectivity index (χ2n) is 11.7. The Kier molecular flexibility index (Phi) is 12.1. The van der Waals surface area contributed by atoms with E-state index in [1.807, 2.05) is 6.92 Å². The molecule has 2 N–H and O–H groups in total. The van der Waals surface area contributed by atoms with E-state index in [1.54, 1.807) is 11.9 Å². The molecule has 0 spiro atoms. The monoisotopic (exact) mass is 599 g/mol. The topological polar surface area (TPSA) is 103 Å². The molecular weight excluding hydrogens is 550 g/mol. The van der Waals surface area contributed by atoms with Crippen molar-refractivity contribution in [1.82, 2.24) is 14.9 Å². The van der Waals surface area contributed by atoms with Crippen LogP contribution in [0.5, 0.6) is 0 Å². The smallest absolute Gasteiger partial charge is 0.302 e. The molecule has 0 aromatic carbocycles. The number of aryl methyl sites for hydroxylation is 3. The molecule has 8 nitrogen and oxygen atoms in total. The molecule has 8 heteroatoms. The lowest BCUT2D eigenvalue weighted by atomic mass is 9.99. The number of H-pyrrole nitrogens is 2. The van der Waals surface area contributed by atoms with Crippen molar-refractivity contribution in [2.75, 3.05) is 20.2 Å². The van der Waals surface area contributed by atoms with Crippen LogP contribution in [0.15, 0.2) is 50.7 Å². The third-order valence-electron chi connectivity index (χ3n) is 7.89. The number of nitrogens with zero attached hydrogens (tertiary/aromatic N) is 3. The minimum Gasteiger partial charge on any atom is -0.466 e. The van der Waals surface area contributed by atoms with Crippen LogP contribution in [0, 0.1) is 19.8 Å². The van der Waals surface area contributed by atoms with Gasteiger partial charge in [0, 0.05) is 66.3 Å². The average molecular weight is 600 g/mol. The standard InChI is InChI=1S/C27H32N4.C9H17NO3/c1-8-21-12-19(6)29-27(21)14-24-17(4)11-26(31-24)20(7)25-10-16(3)23(30-25)13-22-15(2)9-18(5)28-22;1-4-9(12)10(3)6-5-7-13-8(2)11/h9,11-14,16,28-29H,6,8,10H2,1-5,7H3;4-7H2,1-3H3/b23-13-,26-20-,27-14-;. The summed E-state index contributed by atoms with van der Waals surface area (Å²) in [5, 5.41) is 2.04. The van der Waals surface area contributed by atoms with E-state index < -0.39 is 0 Å². The van der Waals surface area contributed by atoms with E-state index in [0.29, 0.717) is 31.9 Å². The molecule has 4 rings (SSSR count). The zero-order valence-corrected chi connectivity index (χ0v) is 28.0. The quantitative estimate of drug-likeness (QED) is 0.285. The molecule has 2 aliphatic rings. The van der Waals surface area contributed by atoms with Gasteiger partial charge in [-0.3, -0.25) is 14.6 Å². The van der Waals surface area contributed by atoms with Gasteiger partial charge in [-0.15, -0.1) is 0 Å². The average Bonchev–Trinajstić information content (AvgIpc) is 3.72. The number of rotatable bonds is 9. The normalized spacial score (nSPS) is 18.5. The highest BCUT2D eigenvalue weighted by atomic mass is 16.5. The Morgan fingerprint density at radius 2 is 1.84 bits per heavy atom. The lowest BCUT2D eigenvalue weighted by molar-refractivity contribution is -0.141. The maximum Gasteiger partial charge on any atom is 0.302 e. The third kappa shape index (κ3) is 9.15. The van der Waals surface area contributed by atoms with Gasteiger partial charge in [0.15, 0.2) is 0 Å². The van der Waals surface area contributed by atoms with Crippen molar-refractivity contribution in [2.45, 2.75) is 81.1 Å². The minimum absolute atomic E-state index is 0.114. The predicted octanol–water partition coefficient (Wildman–Crippen LogP) is 5.72. The van der Waals surface area contributed by atoms with E-state index >= 15 is 0 Å². The van der Waals surface area contributed by atoms with Gasteiger partial charge in [-0.25, -0.2) is 4.99 Å². The highest BCUT2D eigenvalue weighted by Crippen LogP contribution is 2.32. The van der Waals surface area contributed by atoms with Crippen molar-refractivity contribution in [1.29, 1.82) is 0 Å². The fraction of sp³-hybridized carbons (Fsp3) is 0.444. The van der Waals surface area contributed by atoms with Crippen LogP contribution < -0.4 is 10.7 Å². The van der Waals surface area contributed by atoms with Crippen LogP contribution in [0.3, 0.4) is 0 Å². The zero-order chi connectivity index (χ0) is 32.6. The number of aromatic amines is 2. The minimum atomic E-state index is -0.274. The summed E-state index contributed by atoms with van der Waals surface area (Å²) >= 11 is 0. The Labute approximate surface area is 262 Å². The largest absolute Gasteiger partial charge is 0.466 e. The van der Waals surface area contributed by atoms with E-state index in [9.17, 15) is 9.59 Å². The number of carbonyl (C=O) groups is 2. The van der Waals surface area contributed by atoms with E-state index in [4.69, 9.17) is 14.7 Å². The molecule has 2 aliphatic heterocycles. The summed E-state index contributed by atoms with van der Waals surface area (Å²) in [5.41, 5.74) is 11.5. The van der Waals surface area contributed by atoms with Crippen LogP contribution in [0.1, 0.15) is 83.3 Å². The first kappa shape index (κ1) is 34.3. The van der Waals surface area contributed by atoms with Crippen LogP contribution in [-0.4, -0.2) is 58.4 Å². The van der Waals surface area contributed by atoms with Gasteiger partial charge >= 0.3 is 5.97 Å². The van der Waals surface area contributed by atoms with Crippen molar-refractivity contribution in [3.05, 3.63) is 74.0 Å². The molecule has 0 bridgehead atoms. The Morgan fingerprint density at radius 3 is 2.45 bits per heavy atom. The third-order valence-corrected chi connectivity index (χ3v) is 7.89.